The summed E-state index contributed by atoms with van der Waals surface area (Å²) in [6, 6.07) is 3.66. The first-order valence-electron chi connectivity index (χ1n) is 10.9. The second-order valence-electron chi connectivity index (χ2n) is 8.40. The molecule has 9 heteroatoms. The van der Waals surface area contributed by atoms with E-state index in [0.29, 0.717) is 22.2 Å². The standard InChI is InChI=1S/C23H31N5O4/c1-15(2)17-12-16(31-5)13-19-20(17)23(29)32-21(25-19)18-14-24-26(3)22(18)28-8-6-27(7-9-28)10-11-30-4/h12-15H,6-11H2,1-5H3. The summed E-state index contributed by atoms with van der Waals surface area (Å²) in [5.74, 6) is 1.98. The van der Waals surface area contributed by atoms with Gasteiger partial charge in [0.15, 0.2) is 0 Å². The molecular formula is C23H31N5O4. The van der Waals surface area contributed by atoms with E-state index in [4.69, 9.17) is 18.9 Å². The minimum Gasteiger partial charge on any atom is -0.497 e. The van der Waals surface area contributed by atoms with Crippen molar-refractivity contribution in [1.29, 1.82) is 0 Å². The lowest BCUT2D eigenvalue weighted by Crippen LogP contribution is -2.48. The Balaban J connectivity index is 1.72. The summed E-state index contributed by atoms with van der Waals surface area (Å²) in [5, 5.41) is 4.94. The highest BCUT2D eigenvalue weighted by Gasteiger charge is 2.25. The van der Waals surface area contributed by atoms with Crippen molar-refractivity contribution >= 4 is 16.7 Å². The van der Waals surface area contributed by atoms with Crippen LogP contribution < -0.4 is 15.3 Å². The maximum absolute atomic E-state index is 13.0. The summed E-state index contributed by atoms with van der Waals surface area (Å²) < 4.78 is 18.2. The molecule has 2 aromatic heterocycles. The number of methoxy groups -OCH3 is 2. The highest BCUT2D eigenvalue weighted by atomic mass is 16.5. The second kappa shape index (κ2) is 9.30. The van der Waals surface area contributed by atoms with E-state index in [1.165, 1.54) is 0 Å². The fourth-order valence-corrected chi connectivity index (χ4v) is 4.25. The molecule has 0 amide bonds. The smallest absolute Gasteiger partial charge is 0.347 e. The zero-order valence-electron chi connectivity index (χ0n) is 19.4. The Labute approximate surface area is 187 Å². The van der Waals surface area contributed by atoms with Gasteiger partial charge < -0.3 is 18.8 Å². The molecular weight excluding hydrogens is 410 g/mol. The average molecular weight is 442 g/mol. The van der Waals surface area contributed by atoms with Crippen LogP contribution in [-0.4, -0.2) is 73.2 Å². The second-order valence-corrected chi connectivity index (χ2v) is 8.40. The van der Waals surface area contributed by atoms with Crippen molar-refractivity contribution in [1.82, 2.24) is 19.7 Å². The SMILES string of the molecule is COCCN1CCN(c2c(-c3nc4cc(OC)cc(C(C)C)c4c(=O)o3)cnn2C)CC1. The number of nitrogens with zero attached hydrogens (tertiary/aromatic N) is 5. The molecule has 0 unspecified atom stereocenters. The topological polar surface area (TPSA) is 85.9 Å². The van der Waals surface area contributed by atoms with Gasteiger partial charge in [-0.2, -0.15) is 5.10 Å². The van der Waals surface area contributed by atoms with Gasteiger partial charge in [-0.25, -0.2) is 9.78 Å². The Hall–Kier alpha value is -2.91. The highest BCUT2D eigenvalue weighted by molar-refractivity contribution is 5.85. The van der Waals surface area contributed by atoms with E-state index in [1.807, 2.05) is 31.6 Å². The normalized spacial score (nSPS) is 15.1. The summed E-state index contributed by atoms with van der Waals surface area (Å²) in [6.45, 7) is 9.27. The molecule has 0 spiro atoms. The van der Waals surface area contributed by atoms with E-state index in [-0.39, 0.29) is 11.8 Å². The van der Waals surface area contributed by atoms with Gasteiger partial charge in [-0.1, -0.05) is 13.8 Å². The first-order valence-corrected chi connectivity index (χ1v) is 10.9. The molecule has 3 heterocycles. The van der Waals surface area contributed by atoms with Crippen LogP contribution in [0.3, 0.4) is 0 Å². The van der Waals surface area contributed by atoms with Crippen molar-refractivity contribution in [2.45, 2.75) is 19.8 Å². The number of fused-ring (bicyclic) bond motifs is 1. The Kier molecular flexibility index (Phi) is 6.48. The lowest BCUT2D eigenvalue weighted by atomic mass is 9.98. The van der Waals surface area contributed by atoms with Gasteiger partial charge >= 0.3 is 5.63 Å². The Morgan fingerprint density at radius 3 is 2.56 bits per heavy atom. The molecule has 0 radical (unpaired) electrons. The summed E-state index contributed by atoms with van der Waals surface area (Å²) in [6.07, 6.45) is 1.72. The van der Waals surface area contributed by atoms with Crippen LogP contribution in [0.4, 0.5) is 5.82 Å². The molecule has 0 N–H and O–H groups in total. The molecule has 32 heavy (non-hydrogen) atoms. The number of rotatable bonds is 7. The van der Waals surface area contributed by atoms with Crippen LogP contribution in [0, 0.1) is 0 Å². The average Bonchev–Trinajstić information content (AvgIpc) is 3.18. The van der Waals surface area contributed by atoms with E-state index < -0.39 is 5.63 Å². The first kappa shape index (κ1) is 22.3. The number of aryl methyl sites for hydroxylation is 1. The summed E-state index contributed by atoms with van der Waals surface area (Å²) >= 11 is 0. The predicted molar refractivity (Wildman–Crippen MR) is 124 cm³/mol. The summed E-state index contributed by atoms with van der Waals surface area (Å²) in [7, 11) is 5.24. The van der Waals surface area contributed by atoms with Crippen molar-refractivity contribution in [3.05, 3.63) is 34.3 Å². The van der Waals surface area contributed by atoms with Crippen molar-refractivity contribution < 1.29 is 13.9 Å². The fourth-order valence-electron chi connectivity index (χ4n) is 4.25. The number of anilines is 1. The van der Waals surface area contributed by atoms with Gasteiger partial charge in [-0.05, 0) is 17.5 Å². The molecule has 9 nitrogen and oxygen atoms in total. The Bertz CT molecular complexity index is 1150. The fraction of sp³-hybridized carbons (Fsp3) is 0.522. The van der Waals surface area contributed by atoms with Gasteiger partial charge in [0.2, 0.25) is 5.89 Å². The van der Waals surface area contributed by atoms with Crippen LogP contribution in [0.1, 0.15) is 25.3 Å². The van der Waals surface area contributed by atoms with Crippen LogP contribution in [0.15, 0.2) is 27.5 Å². The minimum atomic E-state index is -0.393. The molecule has 3 aromatic rings. The van der Waals surface area contributed by atoms with Gasteiger partial charge in [0.25, 0.3) is 0 Å². The van der Waals surface area contributed by atoms with Gasteiger partial charge in [-0.15, -0.1) is 0 Å². The molecule has 0 aliphatic carbocycles. The highest BCUT2D eigenvalue weighted by Crippen LogP contribution is 2.33. The summed E-state index contributed by atoms with van der Waals surface area (Å²) in [5.41, 5.74) is 1.76. The first-order chi connectivity index (χ1) is 15.4. The van der Waals surface area contributed by atoms with Crippen LogP contribution >= 0.6 is 0 Å². The molecule has 172 valence electrons. The lowest BCUT2D eigenvalue weighted by molar-refractivity contribution is 0.144. The third kappa shape index (κ3) is 4.22. The van der Waals surface area contributed by atoms with Gasteiger partial charge in [0.05, 0.1) is 36.4 Å². The molecule has 1 aliphatic rings. The quantitative estimate of drug-likeness (QED) is 0.553. The maximum Gasteiger partial charge on any atom is 0.347 e. The molecule has 0 bridgehead atoms. The van der Waals surface area contributed by atoms with Crippen LogP contribution in [0.25, 0.3) is 22.4 Å². The Morgan fingerprint density at radius 1 is 1.16 bits per heavy atom. The number of benzene rings is 1. The van der Waals surface area contributed by atoms with Crippen molar-refractivity contribution in [2.24, 2.45) is 7.05 Å². The monoisotopic (exact) mass is 441 g/mol. The molecule has 1 saturated heterocycles. The van der Waals surface area contributed by atoms with E-state index >= 15 is 0 Å². The number of ether oxygens (including phenoxy) is 2. The van der Waals surface area contributed by atoms with Crippen molar-refractivity contribution in [3.63, 3.8) is 0 Å². The van der Waals surface area contributed by atoms with Crippen LogP contribution in [-0.2, 0) is 11.8 Å². The van der Waals surface area contributed by atoms with Crippen LogP contribution in [0.5, 0.6) is 5.75 Å². The van der Waals surface area contributed by atoms with E-state index in [2.05, 4.69) is 14.9 Å². The van der Waals surface area contributed by atoms with Crippen molar-refractivity contribution in [3.8, 4) is 17.2 Å². The molecule has 0 saturated carbocycles. The third-order valence-electron chi connectivity index (χ3n) is 6.02. The number of hydrogen-bond donors (Lipinski definition) is 0. The molecule has 4 rings (SSSR count). The minimum absolute atomic E-state index is 0.131. The van der Waals surface area contributed by atoms with Gasteiger partial charge in [0.1, 0.15) is 11.6 Å². The number of piperazine rings is 1. The molecule has 1 aromatic carbocycles. The Morgan fingerprint density at radius 2 is 1.91 bits per heavy atom. The molecule has 1 fully saturated rings. The summed E-state index contributed by atoms with van der Waals surface area (Å²) in [4.78, 5) is 22.4. The van der Waals surface area contributed by atoms with Crippen molar-refractivity contribution in [2.75, 3.05) is 58.5 Å². The lowest BCUT2D eigenvalue weighted by Gasteiger charge is -2.36. The third-order valence-corrected chi connectivity index (χ3v) is 6.02. The van der Waals surface area contributed by atoms with E-state index in [9.17, 15) is 4.79 Å². The maximum atomic E-state index is 13.0. The van der Waals surface area contributed by atoms with Gasteiger partial charge in [-0.3, -0.25) is 9.58 Å². The molecule has 1 aliphatic heterocycles. The molecule has 0 atom stereocenters. The number of hydrogen-bond acceptors (Lipinski definition) is 8. The van der Waals surface area contributed by atoms with E-state index in [1.54, 1.807) is 26.5 Å². The number of aromatic nitrogens is 3. The zero-order chi connectivity index (χ0) is 22.8. The largest absolute Gasteiger partial charge is 0.497 e. The predicted octanol–water partition coefficient (Wildman–Crippen LogP) is 2.49. The zero-order valence-corrected chi connectivity index (χ0v) is 19.4. The van der Waals surface area contributed by atoms with Crippen LogP contribution in [0.2, 0.25) is 0 Å². The van der Waals surface area contributed by atoms with Gasteiger partial charge in [0, 0.05) is 52.9 Å². The van der Waals surface area contributed by atoms with E-state index in [0.717, 1.165) is 50.7 Å².